The summed E-state index contributed by atoms with van der Waals surface area (Å²) in [6.45, 7) is 5.50. The van der Waals surface area contributed by atoms with Crippen molar-refractivity contribution in [3.63, 3.8) is 0 Å². The first-order chi connectivity index (χ1) is 8.81. The van der Waals surface area contributed by atoms with Gasteiger partial charge in [0.05, 0.1) is 0 Å². The lowest BCUT2D eigenvalue weighted by molar-refractivity contribution is 0.208. The maximum atomic E-state index is 5.43. The van der Waals surface area contributed by atoms with Crippen molar-refractivity contribution in [2.24, 2.45) is 0 Å². The number of nitrogens with one attached hydrogen (secondary N) is 1. The number of benzene rings is 1. The summed E-state index contributed by atoms with van der Waals surface area (Å²) in [6.07, 6.45) is 7.46. The molecule has 1 N–H and O–H groups in total. The third-order valence-electron chi connectivity index (χ3n) is 3.67. The zero-order chi connectivity index (χ0) is 12.8. The fraction of sp³-hybridized carbons (Fsp3) is 0.500. The van der Waals surface area contributed by atoms with E-state index in [1.54, 1.807) is 0 Å². The lowest BCUT2D eigenvalue weighted by atomic mass is 10.1. The molecule has 2 rings (SSSR count). The first-order valence-corrected chi connectivity index (χ1v) is 6.77. The average Bonchev–Trinajstić information content (AvgIpc) is 2.66. The maximum absolute atomic E-state index is 5.43. The second-order valence-electron chi connectivity index (χ2n) is 5.02. The van der Waals surface area contributed by atoms with Crippen LogP contribution < -0.4 is 5.32 Å². The van der Waals surface area contributed by atoms with Crippen LogP contribution in [0.1, 0.15) is 31.4 Å². The highest BCUT2D eigenvalue weighted by Crippen LogP contribution is 2.19. The fourth-order valence-electron chi connectivity index (χ4n) is 2.56. The molecule has 1 aliphatic rings. The third kappa shape index (κ3) is 3.35. The number of hydrogen-bond donors (Lipinski definition) is 1. The van der Waals surface area contributed by atoms with E-state index in [1.807, 2.05) is 0 Å². The van der Waals surface area contributed by atoms with Crippen LogP contribution in [0.2, 0.25) is 0 Å². The lowest BCUT2D eigenvalue weighted by Crippen LogP contribution is -2.37. The molecule has 1 aromatic rings. The molecule has 2 nitrogen and oxygen atoms in total. The van der Waals surface area contributed by atoms with Gasteiger partial charge in [0.25, 0.3) is 0 Å². The van der Waals surface area contributed by atoms with E-state index in [0.717, 1.165) is 26.1 Å². The van der Waals surface area contributed by atoms with Gasteiger partial charge in [0, 0.05) is 25.0 Å². The van der Waals surface area contributed by atoms with Crippen molar-refractivity contribution in [2.45, 2.75) is 31.8 Å². The molecule has 2 heteroatoms. The van der Waals surface area contributed by atoms with Crippen molar-refractivity contribution < 1.29 is 0 Å². The fourth-order valence-corrected chi connectivity index (χ4v) is 2.56. The van der Waals surface area contributed by atoms with Gasteiger partial charge in [-0.2, -0.15) is 0 Å². The molecule has 1 aliphatic heterocycles. The Morgan fingerprint density at radius 1 is 1.44 bits per heavy atom. The molecule has 1 fully saturated rings. The van der Waals surface area contributed by atoms with Crippen LogP contribution in [-0.4, -0.2) is 30.6 Å². The molecule has 0 spiro atoms. The molecular formula is C16H22N2. The first-order valence-electron chi connectivity index (χ1n) is 6.77. The van der Waals surface area contributed by atoms with E-state index in [4.69, 9.17) is 6.42 Å². The largest absolute Gasteiger partial charge is 0.309 e. The zero-order valence-corrected chi connectivity index (χ0v) is 11.1. The van der Waals surface area contributed by atoms with Crippen molar-refractivity contribution in [1.29, 1.82) is 0 Å². The maximum Gasteiger partial charge on any atom is 0.0449 e. The minimum Gasteiger partial charge on any atom is -0.309 e. The van der Waals surface area contributed by atoms with Crippen LogP contribution in [0.3, 0.4) is 0 Å². The molecule has 1 aromatic carbocycles. The molecule has 0 bridgehead atoms. The quantitative estimate of drug-likeness (QED) is 0.819. The van der Waals surface area contributed by atoms with Crippen LogP contribution >= 0.6 is 0 Å². The van der Waals surface area contributed by atoms with E-state index >= 15 is 0 Å². The molecule has 0 amide bonds. The molecule has 1 saturated heterocycles. The van der Waals surface area contributed by atoms with E-state index in [0.29, 0.717) is 12.1 Å². The van der Waals surface area contributed by atoms with E-state index in [2.05, 4.69) is 53.4 Å². The van der Waals surface area contributed by atoms with Crippen molar-refractivity contribution >= 4 is 0 Å². The van der Waals surface area contributed by atoms with E-state index in [9.17, 15) is 0 Å². The molecule has 0 aliphatic carbocycles. The molecule has 0 saturated carbocycles. The Balaban J connectivity index is 2.06. The highest BCUT2D eigenvalue weighted by Gasteiger charge is 2.21. The Bertz CT molecular complexity index is 393. The minimum absolute atomic E-state index is 0.425. The summed E-state index contributed by atoms with van der Waals surface area (Å²) < 4.78 is 0. The van der Waals surface area contributed by atoms with Gasteiger partial charge in [-0.05, 0) is 32.0 Å². The number of terminal acetylenes is 1. The normalized spacial score (nSPS) is 23.0. The summed E-state index contributed by atoms with van der Waals surface area (Å²) in [7, 11) is 0. The van der Waals surface area contributed by atoms with Crippen molar-refractivity contribution in [1.82, 2.24) is 10.2 Å². The van der Waals surface area contributed by atoms with Crippen molar-refractivity contribution in [3.05, 3.63) is 35.9 Å². The molecule has 96 valence electrons. The Kier molecular flexibility index (Phi) is 4.81. The average molecular weight is 242 g/mol. The number of hydrogen-bond acceptors (Lipinski definition) is 2. The monoisotopic (exact) mass is 242 g/mol. The van der Waals surface area contributed by atoms with Crippen LogP contribution in [0.25, 0.3) is 0 Å². The highest BCUT2D eigenvalue weighted by atomic mass is 15.2. The van der Waals surface area contributed by atoms with Crippen LogP contribution in [0.4, 0.5) is 0 Å². The summed E-state index contributed by atoms with van der Waals surface area (Å²) >= 11 is 0. The van der Waals surface area contributed by atoms with Gasteiger partial charge >= 0.3 is 0 Å². The van der Waals surface area contributed by atoms with Gasteiger partial charge in [-0.1, -0.05) is 30.3 Å². The summed E-state index contributed by atoms with van der Waals surface area (Å²) in [4.78, 5) is 2.51. The van der Waals surface area contributed by atoms with Gasteiger partial charge in [-0.15, -0.1) is 12.3 Å². The summed E-state index contributed by atoms with van der Waals surface area (Å²) in [5.74, 6) is 2.78. The first kappa shape index (κ1) is 13.1. The topological polar surface area (TPSA) is 15.3 Å². The van der Waals surface area contributed by atoms with E-state index in [-0.39, 0.29) is 0 Å². The van der Waals surface area contributed by atoms with Crippen LogP contribution in [0.15, 0.2) is 30.3 Å². The van der Waals surface area contributed by atoms with Gasteiger partial charge < -0.3 is 5.32 Å². The Labute approximate surface area is 110 Å². The molecule has 1 heterocycles. The van der Waals surface area contributed by atoms with Crippen molar-refractivity contribution in [2.75, 3.05) is 19.6 Å². The summed E-state index contributed by atoms with van der Waals surface area (Å²) in [5.41, 5.74) is 1.37. The van der Waals surface area contributed by atoms with Gasteiger partial charge in [-0.3, -0.25) is 4.90 Å². The van der Waals surface area contributed by atoms with Gasteiger partial charge in [0.1, 0.15) is 0 Å². The van der Waals surface area contributed by atoms with Crippen LogP contribution in [-0.2, 0) is 0 Å². The Hall–Kier alpha value is -1.30. The summed E-state index contributed by atoms with van der Waals surface area (Å²) in [5, 5.41) is 3.63. The molecule has 18 heavy (non-hydrogen) atoms. The van der Waals surface area contributed by atoms with Crippen LogP contribution in [0.5, 0.6) is 0 Å². The molecular weight excluding hydrogens is 220 g/mol. The minimum atomic E-state index is 0.425. The zero-order valence-electron chi connectivity index (χ0n) is 11.1. The Morgan fingerprint density at radius 3 is 2.94 bits per heavy atom. The SMILES string of the molecule is C#CCC(C)N1CCCNC(c2ccccc2)C1. The molecule has 0 aromatic heterocycles. The lowest BCUT2D eigenvalue weighted by Gasteiger charge is -2.29. The smallest absolute Gasteiger partial charge is 0.0449 e. The predicted octanol–water partition coefficient (Wildman–Crippen LogP) is 2.43. The number of rotatable bonds is 3. The van der Waals surface area contributed by atoms with Gasteiger partial charge in [0.2, 0.25) is 0 Å². The Morgan fingerprint density at radius 2 is 2.22 bits per heavy atom. The highest BCUT2D eigenvalue weighted by molar-refractivity contribution is 5.19. The molecule has 2 unspecified atom stereocenters. The second-order valence-corrected chi connectivity index (χ2v) is 5.02. The second kappa shape index (κ2) is 6.58. The predicted molar refractivity (Wildman–Crippen MR) is 76.3 cm³/mol. The van der Waals surface area contributed by atoms with E-state index < -0.39 is 0 Å². The van der Waals surface area contributed by atoms with Crippen LogP contribution in [0, 0.1) is 12.3 Å². The molecule has 2 atom stereocenters. The summed E-state index contributed by atoms with van der Waals surface area (Å²) in [6, 6.07) is 11.6. The number of nitrogens with zero attached hydrogens (tertiary/aromatic N) is 1. The molecule has 0 radical (unpaired) electrons. The van der Waals surface area contributed by atoms with E-state index in [1.165, 1.54) is 12.0 Å². The standard InChI is InChI=1S/C16H22N2/c1-3-8-14(2)18-12-7-11-17-16(13-18)15-9-5-4-6-10-15/h1,4-6,9-10,14,16-17H,7-8,11-13H2,2H3. The van der Waals surface area contributed by atoms with Gasteiger partial charge in [-0.25, -0.2) is 0 Å². The van der Waals surface area contributed by atoms with Crippen molar-refractivity contribution in [3.8, 4) is 12.3 Å². The van der Waals surface area contributed by atoms with Gasteiger partial charge in [0.15, 0.2) is 0 Å². The third-order valence-corrected chi connectivity index (χ3v) is 3.67.